The third-order valence-electron chi connectivity index (χ3n) is 1.80. The highest BCUT2D eigenvalue weighted by Gasteiger charge is 2.28. The van der Waals surface area contributed by atoms with Gasteiger partial charge in [-0.3, -0.25) is 0 Å². The van der Waals surface area contributed by atoms with Crippen molar-refractivity contribution in [1.82, 2.24) is 0 Å². The van der Waals surface area contributed by atoms with Crippen LogP contribution in [0.15, 0.2) is 34.8 Å². The summed E-state index contributed by atoms with van der Waals surface area (Å²) in [6.07, 6.45) is -1.72. The van der Waals surface area contributed by atoms with E-state index < -0.39 is 12.0 Å². The van der Waals surface area contributed by atoms with E-state index >= 15 is 0 Å². The largest absolute Gasteiger partial charge is 0.447 e. The Hall–Kier alpha value is -0.900. The fraction of sp³-hybridized carbons (Fsp3) is 0.111. The molecule has 0 radical (unpaired) electrons. The van der Waals surface area contributed by atoms with Gasteiger partial charge in [-0.2, -0.15) is 0 Å². The number of fused-ring (bicyclic) bond motifs is 1. The SMILES string of the molecule is FC1=C(Br)Oc2ccccc2C1F. The summed E-state index contributed by atoms with van der Waals surface area (Å²) in [7, 11) is 0. The normalized spacial score (nSPS) is 21.0. The summed E-state index contributed by atoms with van der Waals surface area (Å²) in [5, 5.41) is 0. The van der Waals surface area contributed by atoms with Crippen molar-refractivity contribution < 1.29 is 13.5 Å². The molecular formula is C9H5BrF2O. The molecule has 1 aliphatic heterocycles. The monoisotopic (exact) mass is 246 g/mol. The zero-order valence-corrected chi connectivity index (χ0v) is 8.01. The molecule has 1 atom stereocenters. The van der Waals surface area contributed by atoms with Gasteiger partial charge in [-0.15, -0.1) is 0 Å². The van der Waals surface area contributed by atoms with Crippen LogP contribution in [0.3, 0.4) is 0 Å². The molecule has 13 heavy (non-hydrogen) atoms. The van der Waals surface area contributed by atoms with Gasteiger partial charge in [0.15, 0.2) is 12.0 Å². The van der Waals surface area contributed by atoms with Crippen molar-refractivity contribution in [3.05, 3.63) is 40.3 Å². The van der Waals surface area contributed by atoms with Crippen LogP contribution in [-0.2, 0) is 0 Å². The minimum absolute atomic E-state index is 0.182. The maximum absolute atomic E-state index is 13.3. The molecule has 1 nitrogen and oxygen atoms in total. The van der Waals surface area contributed by atoms with Gasteiger partial charge in [-0.05, 0) is 22.0 Å². The van der Waals surface area contributed by atoms with Crippen LogP contribution in [-0.4, -0.2) is 0 Å². The Balaban J connectivity index is 2.52. The number of ether oxygens (including phenoxy) is 1. The van der Waals surface area contributed by atoms with Gasteiger partial charge >= 0.3 is 0 Å². The summed E-state index contributed by atoms with van der Waals surface area (Å²) < 4.78 is 31.1. The van der Waals surface area contributed by atoms with Crippen LogP contribution in [0.2, 0.25) is 0 Å². The molecule has 1 heterocycles. The van der Waals surface area contributed by atoms with Crippen molar-refractivity contribution >= 4 is 15.9 Å². The molecule has 0 saturated heterocycles. The number of rotatable bonds is 0. The topological polar surface area (TPSA) is 9.23 Å². The van der Waals surface area contributed by atoms with Gasteiger partial charge in [0.05, 0.1) is 0 Å². The van der Waals surface area contributed by atoms with Crippen molar-refractivity contribution in [2.45, 2.75) is 6.17 Å². The molecule has 68 valence electrons. The molecule has 2 rings (SSSR count). The van der Waals surface area contributed by atoms with Crippen molar-refractivity contribution in [3.63, 3.8) is 0 Å². The van der Waals surface area contributed by atoms with Crippen molar-refractivity contribution in [2.24, 2.45) is 0 Å². The second-order valence-corrected chi connectivity index (χ2v) is 3.34. The lowest BCUT2D eigenvalue weighted by Crippen LogP contribution is -2.06. The lowest BCUT2D eigenvalue weighted by atomic mass is 10.1. The average molecular weight is 247 g/mol. The fourth-order valence-corrected chi connectivity index (χ4v) is 1.54. The van der Waals surface area contributed by atoms with Crippen LogP contribution in [0, 0.1) is 0 Å². The third kappa shape index (κ3) is 1.35. The van der Waals surface area contributed by atoms with E-state index in [9.17, 15) is 8.78 Å². The minimum atomic E-state index is -1.72. The second-order valence-electron chi connectivity index (χ2n) is 2.62. The molecule has 0 saturated carbocycles. The number of benzene rings is 1. The number of hydrogen-bond donors (Lipinski definition) is 0. The summed E-state index contributed by atoms with van der Waals surface area (Å²) in [5.41, 5.74) is 0.225. The van der Waals surface area contributed by atoms with Crippen LogP contribution in [0.1, 0.15) is 11.7 Å². The van der Waals surface area contributed by atoms with Gasteiger partial charge in [0, 0.05) is 5.56 Å². The van der Waals surface area contributed by atoms with E-state index in [-0.39, 0.29) is 10.2 Å². The van der Waals surface area contributed by atoms with E-state index in [1.807, 2.05) is 0 Å². The van der Waals surface area contributed by atoms with Gasteiger partial charge in [0.2, 0.25) is 4.67 Å². The Morgan fingerprint density at radius 2 is 2.00 bits per heavy atom. The lowest BCUT2D eigenvalue weighted by molar-refractivity contribution is 0.283. The molecule has 0 amide bonds. The number of alkyl halides is 1. The first kappa shape index (κ1) is 8.69. The first-order valence-corrected chi connectivity index (χ1v) is 4.45. The molecule has 1 aliphatic rings. The first-order valence-electron chi connectivity index (χ1n) is 3.66. The average Bonchev–Trinajstić information content (AvgIpc) is 2.15. The van der Waals surface area contributed by atoms with Gasteiger partial charge < -0.3 is 4.74 Å². The van der Waals surface area contributed by atoms with E-state index in [0.29, 0.717) is 5.75 Å². The molecule has 1 unspecified atom stereocenters. The van der Waals surface area contributed by atoms with Crippen LogP contribution in [0.25, 0.3) is 0 Å². The standard InChI is InChI=1S/C9H5BrF2O/c10-9-8(12)7(11)5-3-1-2-4-6(5)13-9/h1-4,7H. The Labute approximate surface area is 82.1 Å². The third-order valence-corrected chi connectivity index (χ3v) is 2.34. The molecule has 1 aromatic rings. The zero-order chi connectivity index (χ0) is 9.42. The number of halogens is 3. The molecule has 0 fully saturated rings. The number of hydrogen-bond acceptors (Lipinski definition) is 1. The summed E-state index contributed by atoms with van der Waals surface area (Å²) in [5.74, 6) is -0.568. The molecule has 0 aromatic heterocycles. The van der Waals surface area contributed by atoms with E-state index in [1.165, 1.54) is 6.07 Å². The van der Waals surface area contributed by atoms with Gasteiger partial charge in [0.1, 0.15) is 5.75 Å². The minimum Gasteiger partial charge on any atom is -0.447 e. The zero-order valence-electron chi connectivity index (χ0n) is 6.43. The van der Waals surface area contributed by atoms with E-state index in [1.54, 1.807) is 18.2 Å². The van der Waals surface area contributed by atoms with Crippen LogP contribution < -0.4 is 4.74 Å². The summed E-state index contributed by atoms with van der Waals surface area (Å²) in [6, 6.07) is 6.44. The predicted octanol–water partition coefficient (Wildman–Crippen LogP) is 3.62. The van der Waals surface area contributed by atoms with E-state index in [4.69, 9.17) is 4.74 Å². The first-order chi connectivity index (χ1) is 6.20. The quantitative estimate of drug-likeness (QED) is 0.680. The molecule has 1 aromatic carbocycles. The van der Waals surface area contributed by atoms with Crippen LogP contribution in [0.5, 0.6) is 5.75 Å². The summed E-state index contributed by atoms with van der Waals surface area (Å²) in [4.78, 5) is 0. The molecular weight excluding hydrogens is 242 g/mol. The van der Waals surface area contributed by atoms with Crippen molar-refractivity contribution in [3.8, 4) is 5.75 Å². The molecule has 0 spiro atoms. The smallest absolute Gasteiger partial charge is 0.204 e. The maximum Gasteiger partial charge on any atom is 0.204 e. The molecule has 0 N–H and O–H groups in total. The number of para-hydroxylation sites is 1. The van der Waals surface area contributed by atoms with Crippen LogP contribution in [0.4, 0.5) is 8.78 Å². The van der Waals surface area contributed by atoms with Gasteiger partial charge in [-0.1, -0.05) is 18.2 Å². The van der Waals surface area contributed by atoms with Crippen LogP contribution >= 0.6 is 15.9 Å². The lowest BCUT2D eigenvalue weighted by Gasteiger charge is -2.18. The second kappa shape index (κ2) is 3.10. The fourth-order valence-electron chi connectivity index (χ4n) is 1.16. The highest BCUT2D eigenvalue weighted by Crippen LogP contribution is 2.41. The Bertz CT molecular complexity index is 376. The Morgan fingerprint density at radius 1 is 1.31 bits per heavy atom. The molecule has 0 aliphatic carbocycles. The van der Waals surface area contributed by atoms with Gasteiger partial charge in [-0.25, -0.2) is 8.78 Å². The maximum atomic E-state index is 13.3. The number of allylic oxidation sites excluding steroid dienone is 1. The van der Waals surface area contributed by atoms with Gasteiger partial charge in [0.25, 0.3) is 0 Å². The Kier molecular flexibility index (Phi) is 2.07. The van der Waals surface area contributed by atoms with Crippen molar-refractivity contribution in [1.29, 1.82) is 0 Å². The van der Waals surface area contributed by atoms with E-state index in [2.05, 4.69) is 15.9 Å². The highest BCUT2D eigenvalue weighted by atomic mass is 79.9. The van der Waals surface area contributed by atoms with Crippen molar-refractivity contribution in [2.75, 3.05) is 0 Å². The van der Waals surface area contributed by atoms with E-state index in [0.717, 1.165) is 0 Å². The Morgan fingerprint density at radius 3 is 2.77 bits per heavy atom. The predicted molar refractivity (Wildman–Crippen MR) is 48.0 cm³/mol. The summed E-state index contributed by atoms with van der Waals surface area (Å²) >= 11 is 2.81. The summed E-state index contributed by atoms with van der Waals surface area (Å²) in [6.45, 7) is 0. The molecule has 4 heteroatoms. The highest BCUT2D eigenvalue weighted by molar-refractivity contribution is 9.11. The molecule has 0 bridgehead atoms.